The van der Waals surface area contributed by atoms with Crippen molar-refractivity contribution in [1.29, 1.82) is 0 Å². The smallest absolute Gasteiger partial charge is 0.257 e. The van der Waals surface area contributed by atoms with Crippen molar-refractivity contribution in [2.24, 2.45) is 0 Å². The molecule has 104 valence electrons. The first-order chi connectivity index (χ1) is 9.52. The molecular weight excluding hydrogens is 344 g/mol. The Kier molecular flexibility index (Phi) is 4.52. The van der Waals surface area contributed by atoms with Crippen LogP contribution in [0.3, 0.4) is 0 Å². The van der Waals surface area contributed by atoms with Gasteiger partial charge in [0, 0.05) is 9.50 Å². The molecule has 0 radical (unpaired) electrons. The van der Waals surface area contributed by atoms with E-state index in [0.717, 1.165) is 4.47 Å². The number of rotatable bonds is 3. The molecule has 0 aliphatic rings. The number of anilines is 2. The molecule has 0 heterocycles. The van der Waals surface area contributed by atoms with E-state index in [-0.39, 0.29) is 5.91 Å². The lowest BCUT2D eigenvalue weighted by molar-refractivity contribution is 0.102. The molecule has 20 heavy (non-hydrogen) atoms. The van der Waals surface area contributed by atoms with E-state index in [9.17, 15) is 4.79 Å². The van der Waals surface area contributed by atoms with Crippen LogP contribution in [-0.2, 0) is 0 Å². The Bertz CT molecular complexity index is 662. The quantitative estimate of drug-likeness (QED) is 0.820. The minimum absolute atomic E-state index is 0.297. The molecule has 0 fully saturated rings. The number of hydrogen-bond donors (Lipinski definition) is 2. The lowest BCUT2D eigenvalue weighted by Gasteiger charge is -2.11. The Morgan fingerprint density at radius 1 is 1.35 bits per heavy atom. The fourth-order valence-electron chi connectivity index (χ4n) is 1.70. The Hall–Kier alpha value is -1.72. The zero-order chi connectivity index (χ0) is 14.7. The summed E-state index contributed by atoms with van der Waals surface area (Å²) in [5, 5.41) is 3.28. The Balaban J connectivity index is 2.31. The molecule has 0 spiro atoms. The summed E-state index contributed by atoms with van der Waals surface area (Å²) in [7, 11) is 1.50. The second-order valence-corrected chi connectivity index (χ2v) is 5.29. The van der Waals surface area contributed by atoms with Gasteiger partial charge in [0.05, 0.1) is 24.0 Å². The van der Waals surface area contributed by atoms with Crippen LogP contribution in [0.2, 0.25) is 5.02 Å². The van der Waals surface area contributed by atoms with Crippen LogP contribution in [0.4, 0.5) is 11.4 Å². The molecule has 0 bridgehead atoms. The van der Waals surface area contributed by atoms with E-state index in [4.69, 9.17) is 22.1 Å². The molecular formula is C14H12BrClN2O2. The van der Waals surface area contributed by atoms with Gasteiger partial charge in [-0.05, 0) is 46.3 Å². The molecule has 0 aliphatic heterocycles. The van der Waals surface area contributed by atoms with Gasteiger partial charge < -0.3 is 15.8 Å². The van der Waals surface area contributed by atoms with Crippen LogP contribution in [0.5, 0.6) is 5.75 Å². The van der Waals surface area contributed by atoms with Crippen molar-refractivity contribution in [3.8, 4) is 5.75 Å². The van der Waals surface area contributed by atoms with Gasteiger partial charge in [-0.3, -0.25) is 4.79 Å². The molecule has 0 unspecified atom stereocenters. The number of hydrogen-bond acceptors (Lipinski definition) is 3. The van der Waals surface area contributed by atoms with Crippen LogP contribution < -0.4 is 15.8 Å². The van der Waals surface area contributed by atoms with E-state index in [1.807, 2.05) is 0 Å². The number of methoxy groups -OCH3 is 1. The number of carbonyl (C=O) groups is 1. The summed E-state index contributed by atoms with van der Waals surface area (Å²) < 4.78 is 5.83. The zero-order valence-corrected chi connectivity index (χ0v) is 13.0. The SMILES string of the molecule is COc1cccc(C(=O)Nc2cc(Cl)ccc2Br)c1N. The minimum Gasteiger partial charge on any atom is -0.495 e. The highest BCUT2D eigenvalue weighted by Crippen LogP contribution is 2.29. The largest absolute Gasteiger partial charge is 0.495 e. The average Bonchev–Trinajstić information content (AvgIpc) is 2.43. The van der Waals surface area contributed by atoms with Crippen molar-refractivity contribution in [3.63, 3.8) is 0 Å². The number of ether oxygens (including phenoxy) is 1. The zero-order valence-electron chi connectivity index (χ0n) is 10.6. The molecule has 0 aromatic heterocycles. The summed E-state index contributed by atoms with van der Waals surface area (Å²) >= 11 is 9.26. The predicted octanol–water partition coefficient (Wildman–Crippen LogP) is 3.95. The molecule has 2 aromatic carbocycles. The van der Waals surface area contributed by atoms with E-state index in [1.54, 1.807) is 36.4 Å². The molecule has 0 atom stereocenters. The monoisotopic (exact) mass is 354 g/mol. The number of halogens is 2. The first-order valence-electron chi connectivity index (χ1n) is 5.72. The van der Waals surface area contributed by atoms with Crippen molar-refractivity contribution < 1.29 is 9.53 Å². The van der Waals surface area contributed by atoms with Crippen LogP contribution in [0.15, 0.2) is 40.9 Å². The van der Waals surface area contributed by atoms with E-state index >= 15 is 0 Å². The van der Waals surface area contributed by atoms with E-state index in [0.29, 0.717) is 27.7 Å². The summed E-state index contributed by atoms with van der Waals surface area (Å²) in [4.78, 5) is 12.3. The molecule has 2 rings (SSSR count). The average molecular weight is 356 g/mol. The standard InChI is InChI=1S/C14H12BrClN2O2/c1-20-12-4-2-3-9(13(12)17)14(19)18-11-7-8(16)5-6-10(11)15/h2-7H,17H2,1H3,(H,18,19). The molecule has 1 amide bonds. The van der Waals surface area contributed by atoms with E-state index in [2.05, 4.69) is 21.2 Å². The lowest BCUT2D eigenvalue weighted by atomic mass is 10.1. The summed E-state index contributed by atoms with van der Waals surface area (Å²) in [5.74, 6) is 0.132. The van der Waals surface area contributed by atoms with Crippen LogP contribution in [0, 0.1) is 0 Å². The number of nitrogens with one attached hydrogen (secondary N) is 1. The van der Waals surface area contributed by atoms with Gasteiger partial charge >= 0.3 is 0 Å². The maximum absolute atomic E-state index is 12.3. The highest BCUT2D eigenvalue weighted by atomic mass is 79.9. The molecule has 0 saturated heterocycles. The van der Waals surface area contributed by atoms with Crippen molar-refractivity contribution in [1.82, 2.24) is 0 Å². The molecule has 2 aromatic rings. The van der Waals surface area contributed by atoms with Gasteiger partial charge in [-0.2, -0.15) is 0 Å². The Morgan fingerprint density at radius 3 is 2.80 bits per heavy atom. The lowest BCUT2D eigenvalue weighted by Crippen LogP contribution is -2.14. The van der Waals surface area contributed by atoms with Crippen LogP contribution in [0.25, 0.3) is 0 Å². The van der Waals surface area contributed by atoms with Gasteiger partial charge in [0.25, 0.3) is 5.91 Å². The van der Waals surface area contributed by atoms with Gasteiger partial charge in [-0.25, -0.2) is 0 Å². The van der Waals surface area contributed by atoms with Gasteiger partial charge in [-0.15, -0.1) is 0 Å². The van der Waals surface area contributed by atoms with Crippen molar-refractivity contribution in [2.45, 2.75) is 0 Å². The molecule has 3 N–H and O–H groups in total. The van der Waals surface area contributed by atoms with Crippen molar-refractivity contribution in [3.05, 3.63) is 51.5 Å². The van der Waals surface area contributed by atoms with Crippen LogP contribution in [-0.4, -0.2) is 13.0 Å². The van der Waals surface area contributed by atoms with Gasteiger partial charge in [0.15, 0.2) is 0 Å². The van der Waals surface area contributed by atoms with Crippen LogP contribution in [0.1, 0.15) is 10.4 Å². The molecule has 0 aliphatic carbocycles. The fraction of sp³-hybridized carbons (Fsp3) is 0.0714. The van der Waals surface area contributed by atoms with Gasteiger partial charge in [0.2, 0.25) is 0 Å². The summed E-state index contributed by atoms with van der Waals surface area (Å²) in [6.07, 6.45) is 0. The Morgan fingerprint density at radius 2 is 2.10 bits per heavy atom. The third-order valence-electron chi connectivity index (χ3n) is 2.71. The minimum atomic E-state index is -0.329. The third kappa shape index (κ3) is 3.05. The second kappa shape index (κ2) is 6.15. The topological polar surface area (TPSA) is 64.3 Å². The second-order valence-electron chi connectivity index (χ2n) is 4.00. The number of carbonyl (C=O) groups excluding carboxylic acids is 1. The van der Waals surface area contributed by atoms with Gasteiger partial charge in [0.1, 0.15) is 5.75 Å². The van der Waals surface area contributed by atoms with Crippen molar-refractivity contribution >= 4 is 44.8 Å². The highest BCUT2D eigenvalue weighted by molar-refractivity contribution is 9.10. The molecule has 4 nitrogen and oxygen atoms in total. The van der Waals surface area contributed by atoms with Crippen molar-refractivity contribution in [2.75, 3.05) is 18.2 Å². The van der Waals surface area contributed by atoms with Gasteiger partial charge in [-0.1, -0.05) is 17.7 Å². The number of amides is 1. The molecule has 6 heteroatoms. The first-order valence-corrected chi connectivity index (χ1v) is 6.89. The third-order valence-corrected chi connectivity index (χ3v) is 3.63. The number of benzene rings is 2. The normalized spacial score (nSPS) is 10.2. The molecule has 0 saturated carbocycles. The maximum Gasteiger partial charge on any atom is 0.257 e. The highest BCUT2D eigenvalue weighted by Gasteiger charge is 2.14. The summed E-state index contributed by atoms with van der Waals surface area (Å²) in [5.41, 5.74) is 7.11. The van der Waals surface area contributed by atoms with E-state index < -0.39 is 0 Å². The Labute approximate surface area is 130 Å². The predicted molar refractivity (Wildman–Crippen MR) is 84.5 cm³/mol. The maximum atomic E-state index is 12.3. The van der Waals surface area contributed by atoms with Crippen LogP contribution >= 0.6 is 27.5 Å². The first kappa shape index (κ1) is 14.7. The number of para-hydroxylation sites is 1. The summed E-state index contributed by atoms with van der Waals surface area (Å²) in [6, 6.07) is 10.2. The number of nitrogens with two attached hydrogens (primary N) is 1. The van der Waals surface area contributed by atoms with E-state index in [1.165, 1.54) is 7.11 Å². The summed E-state index contributed by atoms with van der Waals surface area (Å²) in [6.45, 7) is 0. The fourth-order valence-corrected chi connectivity index (χ4v) is 2.22. The number of nitrogen functional groups attached to an aromatic ring is 1.